The van der Waals surface area contributed by atoms with Gasteiger partial charge in [0, 0.05) is 16.1 Å². The molecule has 2 fully saturated rings. The van der Waals surface area contributed by atoms with E-state index in [9.17, 15) is 9.59 Å². The summed E-state index contributed by atoms with van der Waals surface area (Å²) in [5.74, 6) is 1.45. The maximum absolute atomic E-state index is 13.3. The maximum Gasteiger partial charge on any atom is 0.266 e. The molecule has 2 aromatic carbocycles. The summed E-state index contributed by atoms with van der Waals surface area (Å²) in [6.45, 7) is 0. The number of nitrogens with zero attached hydrogens (tertiary/aromatic N) is 2. The highest BCUT2D eigenvalue weighted by atomic mass is 35.5. The van der Waals surface area contributed by atoms with E-state index in [-0.39, 0.29) is 17.2 Å². The second-order valence-corrected chi connectivity index (χ2v) is 10.0. The summed E-state index contributed by atoms with van der Waals surface area (Å²) in [5.41, 5.74) is 0.954. The minimum atomic E-state index is -0.208. The summed E-state index contributed by atoms with van der Waals surface area (Å²) < 4.78 is 1.53. The lowest BCUT2D eigenvalue weighted by Crippen LogP contribution is -2.39. The molecule has 0 spiro atoms. The molecule has 3 aromatic rings. The molecular weight excluding hydrogens is 453 g/mol. The van der Waals surface area contributed by atoms with Crippen LogP contribution in [0.1, 0.15) is 25.7 Å². The fourth-order valence-corrected chi connectivity index (χ4v) is 5.06. The van der Waals surface area contributed by atoms with E-state index < -0.39 is 0 Å². The standard InChI is InChI=1S/C23H21Cl2N3O2S/c24-15-5-8-17(9-6-15)28-22(30)18-10-7-16(25)11-19(18)26-23(28)31-12-20(29)27-21(13-1-2-13)14-3-4-14/h5-11,13-14,21H,1-4,12H2,(H,27,29). The van der Waals surface area contributed by atoms with Crippen LogP contribution in [0.4, 0.5) is 0 Å². The molecule has 2 aliphatic carbocycles. The fraction of sp³-hybridized carbons (Fsp3) is 0.348. The van der Waals surface area contributed by atoms with Crippen LogP contribution in [-0.2, 0) is 4.79 Å². The summed E-state index contributed by atoms with van der Waals surface area (Å²) in [6.07, 6.45) is 4.82. The third kappa shape index (κ3) is 4.61. The van der Waals surface area contributed by atoms with Gasteiger partial charge in [0.25, 0.3) is 5.56 Å². The number of nitrogens with one attached hydrogen (secondary N) is 1. The topological polar surface area (TPSA) is 64.0 Å². The number of halogens is 2. The van der Waals surface area contributed by atoms with Crippen LogP contribution in [0.15, 0.2) is 52.4 Å². The first kappa shape index (κ1) is 20.9. The first-order valence-electron chi connectivity index (χ1n) is 10.4. The number of carbonyl (C=O) groups excluding carboxylic acids is 1. The van der Waals surface area contributed by atoms with Crippen molar-refractivity contribution in [3.8, 4) is 5.69 Å². The molecule has 5 rings (SSSR count). The number of fused-ring (bicyclic) bond motifs is 1. The van der Waals surface area contributed by atoms with Crippen LogP contribution in [0.2, 0.25) is 10.0 Å². The number of carbonyl (C=O) groups is 1. The molecule has 0 bridgehead atoms. The Morgan fingerprint density at radius 3 is 2.35 bits per heavy atom. The third-order valence-corrected chi connectivity index (χ3v) is 7.23. The molecule has 160 valence electrons. The Bertz CT molecular complexity index is 1190. The predicted molar refractivity (Wildman–Crippen MR) is 125 cm³/mol. The van der Waals surface area contributed by atoms with Crippen molar-refractivity contribution in [1.29, 1.82) is 0 Å². The van der Waals surface area contributed by atoms with E-state index in [1.54, 1.807) is 42.5 Å². The molecule has 5 nitrogen and oxygen atoms in total. The molecule has 0 atom stereocenters. The van der Waals surface area contributed by atoms with Gasteiger partial charge in [0.15, 0.2) is 5.16 Å². The highest BCUT2D eigenvalue weighted by Gasteiger charge is 2.42. The number of amides is 1. The number of aromatic nitrogens is 2. The monoisotopic (exact) mass is 473 g/mol. The third-order valence-electron chi connectivity index (χ3n) is 5.81. The molecule has 8 heteroatoms. The van der Waals surface area contributed by atoms with Crippen LogP contribution in [0.3, 0.4) is 0 Å². The van der Waals surface area contributed by atoms with Gasteiger partial charge >= 0.3 is 0 Å². The number of benzene rings is 2. The molecule has 0 aliphatic heterocycles. The van der Waals surface area contributed by atoms with Crippen LogP contribution in [0.25, 0.3) is 16.6 Å². The lowest BCUT2D eigenvalue weighted by molar-refractivity contribution is -0.119. The molecule has 1 N–H and O–H groups in total. The van der Waals surface area contributed by atoms with E-state index in [1.165, 1.54) is 42.0 Å². The highest BCUT2D eigenvalue weighted by Crippen LogP contribution is 2.44. The normalized spacial score (nSPS) is 16.1. The molecule has 1 heterocycles. The molecule has 2 saturated carbocycles. The highest BCUT2D eigenvalue weighted by molar-refractivity contribution is 7.99. The number of thioether (sulfide) groups is 1. The molecule has 0 radical (unpaired) electrons. The number of rotatable bonds is 7. The first-order valence-corrected chi connectivity index (χ1v) is 12.1. The second kappa shape index (κ2) is 8.49. The van der Waals surface area contributed by atoms with E-state index in [0.29, 0.717) is 49.7 Å². The second-order valence-electron chi connectivity index (χ2n) is 8.23. The van der Waals surface area contributed by atoms with Gasteiger partial charge in [-0.25, -0.2) is 4.98 Å². The first-order chi connectivity index (χ1) is 15.0. The number of hydrogen-bond acceptors (Lipinski definition) is 4. The van der Waals surface area contributed by atoms with Crippen LogP contribution in [-0.4, -0.2) is 27.3 Å². The van der Waals surface area contributed by atoms with Crippen molar-refractivity contribution in [2.45, 2.75) is 36.9 Å². The van der Waals surface area contributed by atoms with Crippen molar-refractivity contribution in [3.05, 3.63) is 62.9 Å². The molecule has 1 amide bonds. The van der Waals surface area contributed by atoms with Gasteiger partial charge in [-0.2, -0.15) is 0 Å². The van der Waals surface area contributed by atoms with Crippen LogP contribution in [0, 0.1) is 11.8 Å². The van der Waals surface area contributed by atoms with Crippen LogP contribution >= 0.6 is 35.0 Å². The Kier molecular flexibility index (Phi) is 5.71. The lowest BCUT2D eigenvalue weighted by atomic mass is 10.1. The van der Waals surface area contributed by atoms with Gasteiger partial charge in [-0.15, -0.1) is 0 Å². The van der Waals surface area contributed by atoms with Gasteiger partial charge in [-0.05, 0) is 80.0 Å². The van der Waals surface area contributed by atoms with Gasteiger partial charge in [0.1, 0.15) is 0 Å². The summed E-state index contributed by atoms with van der Waals surface area (Å²) in [7, 11) is 0. The predicted octanol–water partition coefficient (Wildman–Crippen LogP) is 5.09. The van der Waals surface area contributed by atoms with E-state index in [1.807, 2.05) is 0 Å². The Hall–Kier alpha value is -2.02. The Morgan fingerprint density at radius 2 is 1.71 bits per heavy atom. The van der Waals surface area contributed by atoms with Crippen molar-refractivity contribution in [1.82, 2.24) is 14.9 Å². The van der Waals surface area contributed by atoms with Gasteiger partial charge in [0.05, 0.1) is 22.3 Å². The van der Waals surface area contributed by atoms with Gasteiger partial charge in [0.2, 0.25) is 5.91 Å². The lowest BCUT2D eigenvalue weighted by Gasteiger charge is -2.18. The minimum absolute atomic E-state index is 0.0168. The Morgan fingerprint density at radius 1 is 1.06 bits per heavy atom. The van der Waals surface area contributed by atoms with Gasteiger partial charge in [-0.3, -0.25) is 14.2 Å². The summed E-state index contributed by atoms with van der Waals surface area (Å²) >= 11 is 13.4. The molecule has 2 aliphatic rings. The van der Waals surface area contributed by atoms with Crippen molar-refractivity contribution < 1.29 is 4.79 Å². The molecular formula is C23H21Cl2N3O2S. The van der Waals surface area contributed by atoms with E-state index >= 15 is 0 Å². The summed E-state index contributed by atoms with van der Waals surface area (Å²) in [5, 5.41) is 5.23. The fourth-order valence-electron chi connectivity index (χ4n) is 3.94. The molecule has 0 unspecified atom stereocenters. The zero-order valence-electron chi connectivity index (χ0n) is 16.7. The van der Waals surface area contributed by atoms with Crippen molar-refractivity contribution >= 4 is 51.8 Å². The van der Waals surface area contributed by atoms with Crippen molar-refractivity contribution in [2.75, 3.05) is 5.75 Å². The average molecular weight is 474 g/mol. The maximum atomic E-state index is 13.3. The Balaban J connectivity index is 1.45. The molecule has 1 aromatic heterocycles. The van der Waals surface area contributed by atoms with Gasteiger partial charge in [-0.1, -0.05) is 35.0 Å². The van der Waals surface area contributed by atoms with Crippen LogP contribution in [0.5, 0.6) is 0 Å². The minimum Gasteiger partial charge on any atom is -0.352 e. The SMILES string of the molecule is O=C(CSc1nc2cc(Cl)ccc2c(=O)n1-c1ccc(Cl)cc1)NC(C1CC1)C1CC1. The van der Waals surface area contributed by atoms with E-state index in [4.69, 9.17) is 23.2 Å². The zero-order chi connectivity index (χ0) is 21.5. The van der Waals surface area contributed by atoms with E-state index in [2.05, 4.69) is 10.3 Å². The van der Waals surface area contributed by atoms with Crippen molar-refractivity contribution in [2.24, 2.45) is 11.8 Å². The average Bonchev–Trinajstić information content (AvgIpc) is 3.65. The Labute approximate surface area is 194 Å². The molecule has 0 saturated heterocycles. The van der Waals surface area contributed by atoms with Crippen LogP contribution < -0.4 is 10.9 Å². The van der Waals surface area contributed by atoms with Crippen molar-refractivity contribution in [3.63, 3.8) is 0 Å². The quantitative estimate of drug-likeness (QED) is 0.383. The number of hydrogen-bond donors (Lipinski definition) is 1. The summed E-state index contributed by atoms with van der Waals surface area (Å²) in [4.78, 5) is 30.7. The zero-order valence-corrected chi connectivity index (χ0v) is 19.0. The van der Waals surface area contributed by atoms with E-state index in [0.717, 1.165) is 0 Å². The van der Waals surface area contributed by atoms with Gasteiger partial charge < -0.3 is 5.32 Å². The summed E-state index contributed by atoms with van der Waals surface area (Å²) in [6, 6.07) is 12.3. The largest absolute Gasteiger partial charge is 0.352 e. The smallest absolute Gasteiger partial charge is 0.266 e. The molecule has 31 heavy (non-hydrogen) atoms.